The highest BCUT2D eigenvalue weighted by Gasteiger charge is 2.39. The Morgan fingerprint density at radius 1 is 0.906 bits per heavy atom. The smallest absolute Gasteiger partial charge is 0.278 e. The molecule has 1 N–H and O–H groups in total. The summed E-state index contributed by atoms with van der Waals surface area (Å²) in [4.78, 5) is 28.1. The largest absolute Gasteiger partial charge is 0.496 e. The van der Waals surface area contributed by atoms with Gasteiger partial charge in [0.1, 0.15) is 11.4 Å². The van der Waals surface area contributed by atoms with E-state index in [1.807, 2.05) is 25.1 Å². The summed E-state index contributed by atoms with van der Waals surface area (Å²) < 4.78 is 5.39. The predicted molar refractivity (Wildman–Crippen MR) is 127 cm³/mol. The summed E-state index contributed by atoms with van der Waals surface area (Å²) in [5.74, 6) is -0.200. The van der Waals surface area contributed by atoms with Gasteiger partial charge in [-0.1, -0.05) is 53.5 Å². The van der Waals surface area contributed by atoms with Crippen molar-refractivity contribution >= 4 is 46.3 Å². The van der Waals surface area contributed by atoms with Crippen LogP contribution in [0.1, 0.15) is 16.7 Å². The number of carbonyl (C=O) groups excluding carboxylic acids is 2. The first-order valence-electron chi connectivity index (χ1n) is 9.90. The highest BCUT2D eigenvalue weighted by atomic mass is 35.5. The second-order valence-corrected chi connectivity index (χ2v) is 8.22. The predicted octanol–water partition coefficient (Wildman–Crippen LogP) is 5.70. The lowest BCUT2D eigenvalue weighted by atomic mass is 10.0. The summed E-state index contributed by atoms with van der Waals surface area (Å²) in [6.45, 7) is 1.97. The topological polar surface area (TPSA) is 58.6 Å². The highest BCUT2D eigenvalue weighted by molar-refractivity contribution is 6.37. The van der Waals surface area contributed by atoms with Gasteiger partial charge in [0.05, 0.1) is 19.2 Å². The van der Waals surface area contributed by atoms with Crippen LogP contribution in [0.5, 0.6) is 5.75 Å². The molecule has 0 spiro atoms. The molecular weight excluding hydrogens is 447 g/mol. The van der Waals surface area contributed by atoms with Crippen LogP contribution in [0, 0.1) is 6.92 Å². The van der Waals surface area contributed by atoms with Gasteiger partial charge in [-0.25, -0.2) is 0 Å². The lowest BCUT2D eigenvalue weighted by molar-refractivity contribution is -0.137. The van der Waals surface area contributed by atoms with Crippen LogP contribution < -0.4 is 10.1 Å². The molecule has 7 heteroatoms. The average molecular weight is 467 g/mol. The summed E-state index contributed by atoms with van der Waals surface area (Å²) in [6, 6.07) is 19.4. The maximum Gasteiger partial charge on any atom is 0.278 e. The molecule has 2 amide bonds. The summed E-state index contributed by atoms with van der Waals surface area (Å²) in [5, 5.41) is 4.30. The molecule has 1 aliphatic rings. The van der Waals surface area contributed by atoms with E-state index in [4.69, 9.17) is 27.9 Å². The van der Waals surface area contributed by atoms with E-state index < -0.39 is 11.8 Å². The Bertz CT molecular complexity index is 1240. The van der Waals surface area contributed by atoms with E-state index >= 15 is 0 Å². The number of hydrogen-bond donors (Lipinski definition) is 1. The molecule has 0 aliphatic carbocycles. The quantitative estimate of drug-likeness (QED) is 0.473. The molecule has 0 saturated carbocycles. The van der Waals surface area contributed by atoms with Gasteiger partial charge in [-0.15, -0.1) is 0 Å². The molecule has 0 unspecified atom stereocenters. The maximum atomic E-state index is 13.5. The number of nitrogens with zero attached hydrogens (tertiary/aromatic N) is 1. The number of benzene rings is 3. The van der Waals surface area contributed by atoms with Crippen LogP contribution in [0.3, 0.4) is 0 Å². The fourth-order valence-electron chi connectivity index (χ4n) is 3.63. The number of methoxy groups -OCH3 is 1. The molecule has 0 aromatic heterocycles. The number of amides is 2. The minimum absolute atomic E-state index is 0.0869. The number of rotatable bonds is 6. The fourth-order valence-corrected chi connectivity index (χ4v) is 3.98. The Morgan fingerprint density at radius 2 is 1.59 bits per heavy atom. The van der Waals surface area contributed by atoms with Crippen molar-refractivity contribution in [1.29, 1.82) is 0 Å². The van der Waals surface area contributed by atoms with E-state index in [-0.39, 0.29) is 17.8 Å². The van der Waals surface area contributed by atoms with Gasteiger partial charge >= 0.3 is 0 Å². The monoisotopic (exact) mass is 466 g/mol. The third-order valence-electron chi connectivity index (χ3n) is 5.27. The molecule has 3 aromatic rings. The van der Waals surface area contributed by atoms with Crippen LogP contribution in [-0.2, 0) is 16.1 Å². The molecular formula is C25H20Cl2N2O3. The van der Waals surface area contributed by atoms with Gasteiger partial charge in [-0.05, 0) is 54.4 Å². The molecule has 0 fully saturated rings. The molecule has 0 atom stereocenters. The van der Waals surface area contributed by atoms with E-state index in [9.17, 15) is 9.59 Å². The minimum atomic E-state index is -0.416. The number of anilines is 1. The number of ether oxygens (including phenoxy) is 1. The van der Waals surface area contributed by atoms with Crippen molar-refractivity contribution in [2.75, 3.05) is 12.4 Å². The fraction of sp³-hybridized carbons (Fsp3) is 0.120. The zero-order chi connectivity index (χ0) is 22.8. The summed E-state index contributed by atoms with van der Waals surface area (Å²) >= 11 is 12.1. The third kappa shape index (κ3) is 4.22. The van der Waals surface area contributed by atoms with E-state index in [0.29, 0.717) is 27.0 Å². The summed E-state index contributed by atoms with van der Waals surface area (Å²) in [5.41, 5.74) is 3.37. The second kappa shape index (κ2) is 9.07. The van der Waals surface area contributed by atoms with Crippen LogP contribution in [0.2, 0.25) is 10.0 Å². The molecule has 4 rings (SSSR count). The lowest BCUT2D eigenvalue weighted by Gasteiger charge is -2.17. The zero-order valence-electron chi connectivity index (χ0n) is 17.5. The normalized spacial score (nSPS) is 13.7. The number of imide groups is 1. The van der Waals surface area contributed by atoms with E-state index in [0.717, 1.165) is 11.1 Å². The SMILES string of the molecule is COc1ccccc1CN1C(=O)C(Nc2ccc(Cl)cc2C)=C(c2ccc(Cl)cc2)C1=O. The van der Waals surface area contributed by atoms with Gasteiger partial charge in [0, 0.05) is 21.3 Å². The van der Waals surface area contributed by atoms with Gasteiger partial charge in [0.25, 0.3) is 11.8 Å². The Morgan fingerprint density at radius 3 is 2.28 bits per heavy atom. The highest BCUT2D eigenvalue weighted by Crippen LogP contribution is 2.34. The number of para-hydroxylation sites is 1. The Kier molecular flexibility index (Phi) is 6.21. The van der Waals surface area contributed by atoms with Crippen molar-refractivity contribution < 1.29 is 14.3 Å². The maximum absolute atomic E-state index is 13.5. The summed E-state index contributed by atoms with van der Waals surface area (Å²) in [7, 11) is 1.56. The van der Waals surface area contributed by atoms with Crippen molar-refractivity contribution in [2.45, 2.75) is 13.5 Å². The second-order valence-electron chi connectivity index (χ2n) is 7.35. The molecule has 162 valence electrons. The van der Waals surface area contributed by atoms with E-state index in [1.165, 1.54) is 4.90 Å². The van der Waals surface area contributed by atoms with Crippen molar-refractivity contribution in [3.63, 3.8) is 0 Å². The molecule has 0 saturated heterocycles. The van der Waals surface area contributed by atoms with Crippen molar-refractivity contribution in [1.82, 2.24) is 4.90 Å². The van der Waals surface area contributed by atoms with Crippen LogP contribution in [0.15, 0.2) is 72.4 Å². The average Bonchev–Trinajstić information content (AvgIpc) is 3.01. The molecule has 5 nitrogen and oxygen atoms in total. The molecule has 0 radical (unpaired) electrons. The van der Waals surface area contributed by atoms with Crippen LogP contribution >= 0.6 is 23.2 Å². The number of nitrogens with one attached hydrogen (secondary N) is 1. The van der Waals surface area contributed by atoms with Gasteiger partial charge in [-0.3, -0.25) is 14.5 Å². The molecule has 3 aromatic carbocycles. The lowest BCUT2D eigenvalue weighted by Crippen LogP contribution is -2.32. The first kappa shape index (κ1) is 21.9. The first-order valence-corrected chi connectivity index (χ1v) is 10.7. The number of halogens is 2. The molecule has 32 heavy (non-hydrogen) atoms. The van der Waals surface area contributed by atoms with Crippen molar-refractivity contribution in [3.8, 4) is 5.75 Å². The van der Waals surface area contributed by atoms with Crippen molar-refractivity contribution in [3.05, 3.63) is 99.2 Å². The van der Waals surface area contributed by atoms with Crippen molar-refractivity contribution in [2.24, 2.45) is 0 Å². The van der Waals surface area contributed by atoms with Gasteiger partial charge in [0.2, 0.25) is 0 Å². The number of carbonyl (C=O) groups is 2. The summed E-state index contributed by atoms with van der Waals surface area (Å²) in [6.07, 6.45) is 0. The third-order valence-corrected chi connectivity index (χ3v) is 5.76. The number of aryl methyl sites for hydroxylation is 1. The molecule has 0 bridgehead atoms. The van der Waals surface area contributed by atoms with E-state index in [1.54, 1.807) is 55.6 Å². The zero-order valence-corrected chi connectivity index (χ0v) is 19.0. The van der Waals surface area contributed by atoms with Gasteiger partial charge in [-0.2, -0.15) is 0 Å². The Hall–Kier alpha value is -3.28. The van der Waals surface area contributed by atoms with Crippen LogP contribution in [0.4, 0.5) is 5.69 Å². The Balaban J connectivity index is 1.76. The Labute approximate surface area is 196 Å². The van der Waals surface area contributed by atoms with E-state index in [2.05, 4.69) is 5.32 Å². The van der Waals surface area contributed by atoms with Gasteiger partial charge < -0.3 is 10.1 Å². The first-order chi connectivity index (χ1) is 15.4. The number of hydrogen-bond acceptors (Lipinski definition) is 4. The standard InChI is InChI=1S/C25H20Cl2N2O3/c1-15-13-19(27)11-12-20(15)28-23-22(16-7-9-18(26)10-8-16)24(30)29(25(23)31)14-17-5-3-4-6-21(17)32-2/h3-13,28H,14H2,1-2H3. The van der Waals surface area contributed by atoms with Gasteiger partial charge in [0.15, 0.2) is 0 Å². The van der Waals surface area contributed by atoms with Crippen LogP contribution in [-0.4, -0.2) is 23.8 Å². The molecule has 1 heterocycles. The minimum Gasteiger partial charge on any atom is -0.496 e. The van der Waals surface area contributed by atoms with Crippen LogP contribution in [0.25, 0.3) is 5.57 Å². The molecule has 1 aliphatic heterocycles.